The molecule has 124 valence electrons. The van der Waals surface area contributed by atoms with Gasteiger partial charge in [-0.1, -0.05) is 35.9 Å². The fraction of sp³-hybridized carbons (Fsp3) is 0.250. The molecule has 3 aromatic rings. The first-order valence-corrected chi connectivity index (χ1v) is 8.14. The summed E-state index contributed by atoms with van der Waals surface area (Å²) in [6.07, 6.45) is 1.55. The van der Waals surface area contributed by atoms with Crippen molar-refractivity contribution in [1.29, 1.82) is 0 Å². The van der Waals surface area contributed by atoms with Crippen molar-refractivity contribution in [3.63, 3.8) is 0 Å². The SMILES string of the molecule is CCOC(=O)n1cc(CN(C)c2ccc(C)cc2)c2ccccc21. The van der Waals surface area contributed by atoms with Gasteiger partial charge in [0.15, 0.2) is 0 Å². The third kappa shape index (κ3) is 3.13. The molecule has 0 bridgehead atoms. The monoisotopic (exact) mass is 322 g/mol. The van der Waals surface area contributed by atoms with Crippen LogP contribution in [-0.2, 0) is 11.3 Å². The Balaban J connectivity index is 1.94. The number of hydrogen-bond donors (Lipinski definition) is 0. The maximum Gasteiger partial charge on any atom is 0.418 e. The third-order valence-corrected chi connectivity index (χ3v) is 4.14. The smallest absolute Gasteiger partial charge is 0.418 e. The molecule has 0 N–H and O–H groups in total. The third-order valence-electron chi connectivity index (χ3n) is 4.14. The lowest BCUT2D eigenvalue weighted by Gasteiger charge is -2.19. The van der Waals surface area contributed by atoms with E-state index in [1.54, 1.807) is 4.57 Å². The Hall–Kier alpha value is -2.75. The number of para-hydroxylation sites is 1. The maximum absolute atomic E-state index is 12.2. The van der Waals surface area contributed by atoms with Gasteiger partial charge in [0.1, 0.15) is 0 Å². The van der Waals surface area contributed by atoms with E-state index in [2.05, 4.69) is 43.1 Å². The molecule has 0 aliphatic rings. The van der Waals surface area contributed by atoms with Gasteiger partial charge in [0.05, 0.1) is 12.1 Å². The molecule has 0 atom stereocenters. The summed E-state index contributed by atoms with van der Waals surface area (Å²) in [6, 6.07) is 16.4. The molecule has 4 heteroatoms. The number of fused-ring (bicyclic) bond motifs is 1. The summed E-state index contributed by atoms with van der Waals surface area (Å²) in [5, 5.41) is 1.07. The Kier molecular flexibility index (Phi) is 4.56. The molecule has 2 aromatic carbocycles. The summed E-state index contributed by atoms with van der Waals surface area (Å²) in [5.74, 6) is 0. The topological polar surface area (TPSA) is 34.5 Å². The van der Waals surface area contributed by atoms with Crippen molar-refractivity contribution >= 4 is 22.7 Å². The average molecular weight is 322 g/mol. The summed E-state index contributed by atoms with van der Waals surface area (Å²) in [5.41, 5.74) is 4.37. The summed E-state index contributed by atoms with van der Waals surface area (Å²) in [4.78, 5) is 14.4. The van der Waals surface area contributed by atoms with Gasteiger partial charge in [-0.15, -0.1) is 0 Å². The zero-order chi connectivity index (χ0) is 17.1. The van der Waals surface area contributed by atoms with Crippen molar-refractivity contribution in [1.82, 2.24) is 4.57 Å². The van der Waals surface area contributed by atoms with E-state index >= 15 is 0 Å². The molecule has 0 unspecified atom stereocenters. The Morgan fingerprint density at radius 2 is 1.83 bits per heavy atom. The maximum atomic E-state index is 12.2. The number of rotatable bonds is 4. The average Bonchev–Trinajstić information content (AvgIpc) is 2.95. The number of ether oxygens (including phenoxy) is 1. The van der Waals surface area contributed by atoms with Gasteiger partial charge in [0.2, 0.25) is 0 Å². The van der Waals surface area contributed by atoms with Crippen LogP contribution in [0.4, 0.5) is 10.5 Å². The van der Waals surface area contributed by atoms with Gasteiger partial charge in [-0.2, -0.15) is 0 Å². The van der Waals surface area contributed by atoms with Crippen LogP contribution in [0.1, 0.15) is 18.1 Å². The second kappa shape index (κ2) is 6.79. The fourth-order valence-electron chi connectivity index (χ4n) is 2.87. The van der Waals surface area contributed by atoms with Crippen LogP contribution in [0, 0.1) is 6.92 Å². The van der Waals surface area contributed by atoms with Crippen LogP contribution in [0.5, 0.6) is 0 Å². The standard InChI is InChI=1S/C20H22N2O2/c1-4-24-20(23)22-14-16(18-7-5-6-8-19(18)22)13-21(3)17-11-9-15(2)10-12-17/h5-12,14H,4,13H2,1-3H3. The Morgan fingerprint density at radius 1 is 1.12 bits per heavy atom. The number of hydrogen-bond acceptors (Lipinski definition) is 3. The minimum atomic E-state index is -0.335. The number of benzene rings is 2. The molecule has 0 aliphatic heterocycles. The number of carbonyl (C=O) groups is 1. The fourth-order valence-corrected chi connectivity index (χ4v) is 2.87. The Labute approximate surface area is 142 Å². The van der Waals surface area contributed by atoms with Crippen LogP contribution in [0.3, 0.4) is 0 Å². The highest BCUT2D eigenvalue weighted by Crippen LogP contribution is 2.24. The van der Waals surface area contributed by atoms with E-state index in [4.69, 9.17) is 4.74 Å². The quantitative estimate of drug-likeness (QED) is 0.704. The molecule has 0 amide bonds. The minimum absolute atomic E-state index is 0.335. The van der Waals surface area contributed by atoms with Crippen LogP contribution in [0.15, 0.2) is 54.7 Å². The summed E-state index contributed by atoms with van der Waals surface area (Å²) in [7, 11) is 2.06. The van der Waals surface area contributed by atoms with E-state index in [-0.39, 0.29) is 6.09 Å². The van der Waals surface area contributed by atoms with Gasteiger partial charge in [-0.05, 0) is 37.6 Å². The molecule has 3 rings (SSSR count). The number of anilines is 1. The molecular weight excluding hydrogens is 300 g/mol. The lowest BCUT2D eigenvalue weighted by Crippen LogP contribution is -2.16. The van der Waals surface area contributed by atoms with Crippen molar-refractivity contribution in [3.05, 3.63) is 65.9 Å². The molecule has 24 heavy (non-hydrogen) atoms. The van der Waals surface area contributed by atoms with Gasteiger partial charge in [0.25, 0.3) is 0 Å². The number of aromatic nitrogens is 1. The molecule has 1 aromatic heterocycles. The molecule has 0 radical (unpaired) electrons. The van der Waals surface area contributed by atoms with Crippen molar-refractivity contribution in [2.24, 2.45) is 0 Å². The molecule has 0 aliphatic carbocycles. The van der Waals surface area contributed by atoms with E-state index in [9.17, 15) is 4.79 Å². The predicted molar refractivity (Wildman–Crippen MR) is 97.6 cm³/mol. The summed E-state index contributed by atoms with van der Waals surface area (Å²) in [6.45, 7) is 4.98. The summed E-state index contributed by atoms with van der Waals surface area (Å²) >= 11 is 0. The van der Waals surface area contributed by atoms with Gasteiger partial charge in [0, 0.05) is 30.9 Å². The number of carbonyl (C=O) groups excluding carboxylic acids is 1. The molecule has 0 saturated heterocycles. The molecule has 4 nitrogen and oxygen atoms in total. The van der Waals surface area contributed by atoms with Gasteiger partial charge < -0.3 is 9.64 Å². The first-order chi connectivity index (χ1) is 11.6. The first kappa shape index (κ1) is 16.1. The molecule has 0 spiro atoms. The lowest BCUT2D eigenvalue weighted by molar-refractivity contribution is 0.155. The van der Waals surface area contributed by atoms with E-state index in [0.717, 1.165) is 28.7 Å². The van der Waals surface area contributed by atoms with E-state index in [1.807, 2.05) is 37.4 Å². The van der Waals surface area contributed by atoms with E-state index < -0.39 is 0 Å². The normalized spacial score (nSPS) is 10.8. The van der Waals surface area contributed by atoms with Crippen LogP contribution in [0.25, 0.3) is 10.9 Å². The van der Waals surface area contributed by atoms with Crippen molar-refractivity contribution < 1.29 is 9.53 Å². The van der Waals surface area contributed by atoms with Crippen LogP contribution in [-0.4, -0.2) is 24.3 Å². The second-order valence-corrected chi connectivity index (χ2v) is 5.93. The number of aryl methyl sites for hydroxylation is 1. The summed E-state index contributed by atoms with van der Waals surface area (Å²) < 4.78 is 6.76. The van der Waals surface area contributed by atoms with Crippen molar-refractivity contribution in [2.45, 2.75) is 20.4 Å². The number of nitrogens with zero attached hydrogens (tertiary/aromatic N) is 2. The zero-order valence-corrected chi connectivity index (χ0v) is 14.3. The van der Waals surface area contributed by atoms with Crippen LogP contribution < -0.4 is 4.90 Å². The zero-order valence-electron chi connectivity index (χ0n) is 14.3. The van der Waals surface area contributed by atoms with E-state index in [0.29, 0.717) is 6.61 Å². The molecule has 0 fully saturated rings. The highest BCUT2D eigenvalue weighted by Gasteiger charge is 2.15. The predicted octanol–water partition coefficient (Wildman–Crippen LogP) is 4.59. The molecule has 0 saturated carbocycles. The largest absolute Gasteiger partial charge is 0.449 e. The highest BCUT2D eigenvalue weighted by atomic mass is 16.5. The second-order valence-electron chi connectivity index (χ2n) is 5.93. The minimum Gasteiger partial charge on any atom is -0.449 e. The van der Waals surface area contributed by atoms with E-state index in [1.165, 1.54) is 5.56 Å². The van der Waals surface area contributed by atoms with Gasteiger partial charge in [-0.3, -0.25) is 4.57 Å². The van der Waals surface area contributed by atoms with Crippen LogP contribution in [0.2, 0.25) is 0 Å². The van der Waals surface area contributed by atoms with Gasteiger partial charge in [-0.25, -0.2) is 4.79 Å². The van der Waals surface area contributed by atoms with Gasteiger partial charge >= 0.3 is 6.09 Å². The van der Waals surface area contributed by atoms with Crippen LogP contribution >= 0.6 is 0 Å². The lowest BCUT2D eigenvalue weighted by atomic mass is 10.1. The Bertz CT molecular complexity index is 850. The highest BCUT2D eigenvalue weighted by molar-refractivity contribution is 5.92. The molecule has 1 heterocycles. The van der Waals surface area contributed by atoms with Crippen molar-refractivity contribution in [2.75, 3.05) is 18.6 Å². The molecular formula is C20H22N2O2. The Morgan fingerprint density at radius 3 is 2.54 bits per heavy atom. The van der Waals surface area contributed by atoms with Crippen molar-refractivity contribution in [3.8, 4) is 0 Å². The first-order valence-electron chi connectivity index (χ1n) is 8.14.